The van der Waals surface area contributed by atoms with Crippen molar-refractivity contribution in [1.82, 2.24) is 9.55 Å². The van der Waals surface area contributed by atoms with Gasteiger partial charge in [-0.05, 0) is 32.1 Å². The molecule has 3 heteroatoms. The number of aromatic nitrogens is 2. The zero-order valence-corrected chi connectivity index (χ0v) is 9.98. The SMILES string of the molecule is CCc1nccn1C1CCOC2(CCC2)C1. The lowest BCUT2D eigenvalue weighted by atomic mass is 9.74. The van der Waals surface area contributed by atoms with Crippen LogP contribution >= 0.6 is 0 Å². The number of imidazole rings is 1. The zero-order valence-electron chi connectivity index (χ0n) is 9.98. The van der Waals surface area contributed by atoms with Gasteiger partial charge in [0.2, 0.25) is 0 Å². The van der Waals surface area contributed by atoms with Gasteiger partial charge in [0.1, 0.15) is 5.82 Å². The van der Waals surface area contributed by atoms with Gasteiger partial charge in [0, 0.05) is 31.5 Å². The smallest absolute Gasteiger partial charge is 0.108 e. The summed E-state index contributed by atoms with van der Waals surface area (Å²) < 4.78 is 8.35. The van der Waals surface area contributed by atoms with Crippen molar-refractivity contribution in [1.29, 1.82) is 0 Å². The van der Waals surface area contributed by atoms with E-state index < -0.39 is 0 Å². The molecule has 1 saturated heterocycles. The fourth-order valence-corrected chi connectivity index (χ4v) is 3.11. The molecular formula is C13H20N2O. The van der Waals surface area contributed by atoms with Crippen molar-refractivity contribution in [2.24, 2.45) is 0 Å². The predicted molar refractivity (Wildman–Crippen MR) is 62.4 cm³/mol. The second kappa shape index (κ2) is 3.88. The molecule has 3 rings (SSSR count). The third-order valence-corrected chi connectivity index (χ3v) is 4.19. The Morgan fingerprint density at radius 2 is 2.44 bits per heavy atom. The first-order valence-electron chi connectivity index (χ1n) is 6.49. The number of ether oxygens (including phenoxy) is 1. The minimum Gasteiger partial charge on any atom is -0.375 e. The Morgan fingerprint density at radius 1 is 1.56 bits per heavy atom. The maximum absolute atomic E-state index is 5.97. The van der Waals surface area contributed by atoms with Crippen LogP contribution in [0.3, 0.4) is 0 Å². The van der Waals surface area contributed by atoms with Crippen LogP contribution in [-0.2, 0) is 11.2 Å². The fraction of sp³-hybridized carbons (Fsp3) is 0.769. The average molecular weight is 220 g/mol. The minimum atomic E-state index is 0.234. The molecule has 1 aliphatic carbocycles. The van der Waals surface area contributed by atoms with Crippen LogP contribution < -0.4 is 0 Å². The summed E-state index contributed by atoms with van der Waals surface area (Å²) in [5.41, 5.74) is 0.234. The molecule has 0 bridgehead atoms. The summed E-state index contributed by atoms with van der Waals surface area (Å²) in [6.07, 6.45) is 11.3. The quantitative estimate of drug-likeness (QED) is 0.766. The number of rotatable bonds is 2. The normalized spacial score (nSPS) is 27.9. The molecule has 88 valence electrons. The highest BCUT2D eigenvalue weighted by molar-refractivity contribution is 5.01. The van der Waals surface area contributed by atoms with E-state index in [1.54, 1.807) is 0 Å². The summed E-state index contributed by atoms with van der Waals surface area (Å²) in [6, 6.07) is 0.617. The van der Waals surface area contributed by atoms with Crippen LogP contribution in [0.4, 0.5) is 0 Å². The van der Waals surface area contributed by atoms with Gasteiger partial charge in [0.25, 0.3) is 0 Å². The molecule has 3 nitrogen and oxygen atoms in total. The second-order valence-electron chi connectivity index (χ2n) is 5.14. The lowest BCUT2D eigenvalue weighted by Gasteiger charge is -2.47. The largest absolute Gasteiger partial charge is 0.375 e. The van der Waals surface area contributed by atoms with Gasteiger partial charge in [-0.1, -0.05) is 6.92 Å². The Balaban J connectivity index is 1.79. The van der Waals surface area contributed by atoms with Crippen molar-refractivity contribution in [2.75, 3.05) is 6.61 Å². The summed E-state index contributed by atoms with van der Waals surface area (Å²) in [6.45, 7) is 3.10. The molecule has 1 aliphatic heterocycles. The van der Waals surface area contributed by atoms with Gasteiger partial charge in [0.05, 0.1) is 5.60 Å². The number of nitrogens with zero attached hydrogens (tertiary/aromatic N) is 2. The average Bonchev–Trinajstić information content (AvgIpc) is 2.75. The first kappa shape index (κ1) is 10.3. The highest BCUT2D eigenvalue weighted by Gasteiger charge is 2.43. The summed E-state index contributed by atoms with van der Waals surface area (Å²) in [5.74, 6) is 1.22. The van der Waals surface area contributed by atoms with Gasteiger partial charge < -0.3 is 9.30 Å². The molecule has 1 aromatic heterocycles. The van der Waals surface area contributed by atoms with Crippen molar-refractivity contribution in [2.45, 2.75) is 57.1 Å². The van der Waals surface area contributed by atoms with Crippen LogP contribution in [0.15, 0.2) is 12.4 Å². The van der Waals surface area contributed by atoms with E-state index in [1.165, 1.54) is 31.5 Å². The molecule has 16 heavy (non-hydrogen) atoms. The third kappa shape index (κ3) is 1.58. The Kier molecular flexibility index (Phi) is 2.51. The van der Waals surface area contributed by atoms with Crippen molar-refractivity contribution in [3.05, 3.63) is 18.2 Å². The maximum Gasteiger partial charge on any atom is 0.108 e. The Bertz CT molecular complexity index is 368. The van der Waals surface area contributed by atoms with Crippen LogP contribution in [-0.4, -0.2) is 21.8 Å². The van der Waals surface area contributed by atoms with Gasteiger partial charge in [-0.2, -0.15) is 0 Å². The van der Waals surface area contributed by atoms with E-state index in [1.807, 2.05) is 6.20 Å². The molecule has 0 amide bonds. The fourth-order valence-electron chi connectivity index (χ4n) is 3.11. The van der Waals surface area contributed by atoms with Crippen molar-refractivity contribution in [3.8, 4) is 0 Å². The lowest BCUT2D eigenvalue weighted by Crippen LogP contribution is -2.46. The summed E-state index contributed by atoms with van der Waals surface area (Å²) in [4.78, 5) is 4.42. The molecule has 2 fully saturated rings. The summed E-state index contributed by atoms with van der Waals surface area (Å²) in [7, 11) is 0. The molecule has 1 aromatic rings. The first-order valence-corrected chi connectivity index (χ1v) is 6.49. The van der Waals surface area contributed by atoms with Gasteiger partial charge in [-0.15, -0.1) is 0 Å². The molecule has 1 spiro atoms. The van der Waals surface area contributed by atoms with Crippen LogP contribution in [0.2, 0.25) is 0 Å². The number of hydrogen-bond acceptors (Lipinski definition) is 2. The Hall–Kier alpha value is -0.830. The standard InChI is InChI=1S/C13H20N2O/c1-2-12-14-7-8-15(12)11-4-9-16-13(10-11)5-3-6-13/h7-8,11H,2-6,9-10H2,1H3. The third-order valence-electron chi connectivity index (χ3n) is 4.19. The van der Waals surface area contributed by atoms with E-state index in [9.17, 15) is 0 Å². The van der Waals surface area contributed by atoms with Crippen LogP contribution in [0.25, 0.3) is 0 Å². The summed E-state index contributed by atoms with van der Waals surface area (Å²) >= 11 is 0. The molecule has 1 unspecified atom stereocenters. The highest BCUT2D eigenvalue weighted by Crippen LogP contribution is 2.45. The van der Waals surface area contributed by atoms with E-state index in [2.05, 4.69) is 22.7 Å². The monoisotopic (exact) mass is 220 g/mol. The molecule has 2 aliphatic rings. The Labute approximate surface area is 96.8 Å². The van der Waals surface area contributed by atoms with Gasteiger partial charge in [-0.3, -0.25) is 0 Å². The lowest BCUT2D eigenvalue weighted by molar-refractivity contribution is -0.140. The first-order chi connectivity index (χ1) is 7.83. The van der Waals surface area contributed by atoms with Crippen LogP contribution in [0.1, 0.15) is 50.9 Å². The van der Waals surface area contributed by atoms with E-state index in [-0.39, 0.29) is 5.60 Å². The van der Waals surface area contributed by atoms with Crippen LogP contribution in [0, 0.1) is 0 Å². The summed E-state index contributed by atoms with van der Waals surface area (Å²) in [5, 5.41) is 0. The van der Waals surface area contributed by atoms with Crippen molar-refractivity contribution < 1.29 is 4.74 Å². The molecule has 1 saturated carbocycles. The Morgan fingerprint density at radius 3 is 3.12 bits per heavy atom. The number of hydrogen-bond donors (Lipinski definition) is 0. The molecule has 0 N–H and O–H groups in total. The van der Waals surface area contributed by atoms with E-state index >= 15 is 0 Å². The highest BCUT2D eigenvalue weighted by atomic mass is 16.5. The van der Waals surface area contributed by atoms with Crippen LogP contribution in [0.5, 0.6) is 0 Å². The predicted octanol–water partition coefficient (Wildman–Crippen LogP) is 2.72. The minimum absolute atomic E-state index is 0.234. The van der Waals surface area contributed by atoms with Crippen molar-refractivity contribution in [3.63, 3.8) is 0 Å². The van der Waals surface area contributed by atoms with E-state index in [4.69, 9.17) is 4.74 Å². The van der Waals surface area contributed by atoms with E-state index in [0.29, 0.717) is 6.04 Å². The van der Waals surface area contributed by atoms with Crippen molar-refractivity contribution >= 4 is 0 Å². The zero-order chi connectivity index (χ0) is 11.0. The molecular weight excluding hydrogens is 200 g/mol. The molecule has 2 heterocycles. The van der Waals surface area contributed by atoms with E-state index in [0.717, 1.165) is 19.4 Å². The van der Waals surface area contributed by atoms with Gasteiger partial charge in [-0.25, -0.2) is 4.98 Å². The molecule has 0 aromatic carbocycles. The maximum atomic E-state index is 5.97. The topological polar surface area (TPSA) is 27.1 Å². The molecule has 1 atom stereocenters. The molecule has 0 radical (unpaired) electrons. The van der Waals surface area contributed by atoms with Gasteiger partial charge >= 0.3 is 0 Å². The van der Waals surface area contributed by atoms with Gasteiger partial charge in [0.15, 0.2) is 0 Å². The number of aryl methyl sites for hydroxylation is 1. The second-order valence-corrected chi connectivity index (χ2v) is 5.14.